The Balaban J connectivity index is 1.31. The quantitative estimate of drug-likeness (QED) is 0.523. The number of para-hydroxylation sites is 1. The fraction of sp³-hybridized carbons (Fsp3) is 0.280. The number of halogens is 1. The van der Waals surface area contributed by atoms with E-state index in [0.717, 1.165) is 37.5 Å². The third-order valence-corrected chi connectivity index (χ3v) is 6.03. The van der Waals surface area contributed by atoms with Crippen LogP contribution >= 0.6 is 11.6 Å². The summed E-state index contributed by atoms with van der Waals surface area (Å²) in [5.41, 5.74) is 2.07. The van der Waals surface area contributed by atoms with Crippen molar-refractivity contribution in [3.05, 3.63) is 89.3 Å². The molecule has 1 atom stereocenters. The molecule has 0 bridgehead atoms. The Labute approximate surface area is 198 Å². The lowest BCUT2D eigenvalue weighted by atomic mass is 10.1. The van der Waals surface area contributed by atoms with Crippen LogP contribution in [0.1, 0.15) is 17.4 Å². The Morgan fingerprint density at radius 3 is 2.24 bits per heavy atom. The molecule has 1 unspecified atom stereocenters. The van der Waals surface area contributed by atoms with E-state index in [1.165, 1.54) is 5.69 Å². The van der Waals surface area contributed by atoms with E-state index in [-0.39, 0.29) is 19.1 Å². The first kappa shape index (κ1) is 22.9. The highest BCUT2D eigenvalue weighted by Gasteiger charge is 2.28. The molecule has 2 N–H and O–H groups in total. The molecular weight excluding hydrogens is 440 g/mol. The number of piperazine rings is 1. The number of amides is 2. The minimum atomic E-state index is -0.669. The highest BCUT2D eigenvalue weighted by Crippen LogP contribution is 2.24. The maximum Gasteiger partial charge on any atom is 0.309 e. The molecule has 1 fully saturated rings. The van der Waals surface area contributed by atoms with E-state index >= 15 is 0 Å². The molecule has 0 radical (unpaired) electrons. The predicted octanol–water partition coefficient (Wildman–Crippen LogP) is 3.23. The average Bonchev–Trinajstić information content (AvgIpc) is 3.39. The number of furan rings is 1. The number of hydrogen-bond donors (Lipinski definition) is 2. The fourth-order valence-corrected chi connectivity index (χ4v) is 4.08. The third-order valence-electron chi connectivity index (χ3n) is 5.78. The predicted molar refractivity (Wildman–Crippen MR) is 128 cm³/mol. The molecule has 1 aliphatic rings. The highest BCUT2D eigenvalue weighted by molar-refractivity contribution is 6.35. The number of benzene rings is 2. The van der Waals surface area contributed by atoms with Crippen LogP contribution in [0.4, 0.5) is 5.69 Å². The van der Waals surface area contributed by atoms with Crippen LogP contribution in [-0.4, -0.2) is 49.4 Å². The van der Waals surface area contributed by atoms with Gasteiger partial charge in [-0.05, 0) is 42.0 Å². The number of carbonyl (C=O) groups excluding carboxylic acids is 2. The molecule has 2 aromatic carbocycles. The van der Waals surface area contributed by atoms with Crippen molar-refractivity contribution in [3.63, 3.8) is 0 Å². The van der Waals surface area contributed by atoms with Gasteiger partial charge in [0.1, 0.15) is 5.76 Å². The maximum absolute atomic E-state index is 12.4. The number of anilines is 1. The van der Waals surface area contributed by atoms with Gasteiger partial charge in [-0.25, -0.2) is 0 Å². The first-order chi connectivity index (χ1) is 16.1. The molecule has 0 saturated carbocycles. The second kappa shape index (κ2) is 11.0. The van der Waals surface area contributed by atoms with E-state index < -0.39 is 11.8 Å². The van der Waals surface area contributed by atoms with Gasteiger partial charge in [0.25, 0.3) is 0 Å². The van der Waals surface area contributed by atoms with Crippen molar-refractivity contribution in [1.82, 2.24) is 15.5 Å². The van der Waals surface area contributed by atoms with Crippen LogP contribution in [0.3, 0.4) is 0 Å². The van der Waals surface area contributed by atoms with Gasteiger partial charge in [-0.3, -0.25) is 14.5 Å². The van der Waals surface area contributed by atoms with Gasteiger partial charge in [0.15, 0.2) is 0 Å². The lowest BCUT2D eigenvalue weighted by molar-refractivity contribution is -0.139. The van der Waals surface area contributed by atoms with Crippen molar-refractivity contribution in [2.24, 2.45) is 0 Å². The molecule has 2 amide bonds. The van der Waals surface area contributed by atoms with Crippen LogP contribution in [0, 0.1) is 0 Å². The first-order valence-electron chi connectivity index (χ1n) is 11.0. The minimum Gasteiger partial charge on any atom is -0.468 e. The van der Waals surface area contributed by atoms with Crippen LogP contribution in [0.25, 0.3) is 0 Å². The molecule has 0 aliphatic carbocycles. The summed E-state index contributed by atoms with van der Waals surface area (Å²) < 4.78 is 5.65. The van der Waals surface area contributed by atoms with Crippen molar-refractivity contribution >= 4 is 29.1 Å². The third kappa shape index (κ3) is 6.15. The summed E-state index contributed by atoms with van der Waals surface area (Å²) in [4.78, 5) is 29.3. The number of hydrogen-bond acceptors (Lipinski definition) is 5. The molecular formula is C25H27ClN4O3. The van der Waals surface area contributed by atoms with Gasteiger partial charge in [0, 0.05) is 50.0 Å². The van der Waals surface area contributed by atoms with Crippen molar-refractivity contribution in [3.8, 4) is 0 Å². The van der Waals surface area contributed by atoms with Gasteiger partial charge >= 0.3 is 11.8 Å². The van der Waals surface area contributed by atoms with Gasteiger partial charge in [0.2, 0.25) is 0 Å². The SMILES string of the molecule is O=C(NCc1ccc(Cl)cc1)C(=O)NCC(c1ccco1)N1CCN(c2ccccc2)CC1. The normalized spacial score (nSPS) is 15.1. The summed E-state index contributed by atoms with van der Waals surface area (Å²) >= 11 is 5.88. The molecule has 8 heteroatoms. The molecule has 3 aromatic rings. The van der Waals surface area contributed by atoms with Crippen LogP contribution in [0.15, 0.2) is 77.4 Å². The van der Waals surface area contributed by atoms with Crippen molar-refractivity contribution in [2.45, 2.75) is 12.6 Å². The van der Waals surface area contributed by atoms with E-state index in [4.69, 9.17) is 16.0 Å². The lowest BCUT2D eigenvalue weighted by Crippen LogP contribution is -2.50. The summed E-state index contributed by atoms with van der Waals surface area (Å²) in [7, 11) is 0. The largest absolute Gasteiger partial charge is 0.468 e. The molecule has 7 nitrogen and oxygen atoms in total. The molecule has 172 valence electrons. The summed E-state index contributed by atoms with van der Waals surface area (Å²) in [6.45, 7) is 3.92. The summed E-state index contributed by atoms with van der Waals surface area (Å²) in [5, 5.41) is 6.03. The maximum atomic E-state index is 12.4. The highest BCUT2D eigenvalue weighted by atomic mass is 35.5. The topological polar surface area (TPSA) is 77.8 Å². The van der Waals surface area contributed by atoms with E-state index in [1.807, 2.05) is 42.5 Å². The minimum absolute atomic E-state index is 0.147. The first-order valence-corrected chi connectivity index (χ1v) is 11.4. The van der Waals surface area contributed by atoms with Crippen LogP contribution < -0.4 is 15.5 Å². The van der Waals surface area contributed by atoms with E-state index in [9.17, 15) is 9.59 Å². The van der Waals surface area contributed by atoms with Crippen LogP contribution in [-0.2, 0) is 16.1 Å². The molecule has 33 heavy (non-hydrogen) atoms. The summed E-state index contributed by atoms with van der Waals surface area (Å²) in [5.74, 6) is -0.564. The number of rotatable bonds is 7. The number of nitrogens with zero attached hydrogens (tertiary/aromatic N) is 2. The Bertz CT molecular complexity index is 1030. The molecule has 1 aromatic heterocycles. The van der Waals surface area contributed by atoms with Crippen LogP contribution in [0.5, 0.6) is 0 Å². The van der Waals surface area contributed by atoms with E-state index in [1.54, 1.807) is 18.4 Å². The van der Waals surface area contributed by atoms with Crippen molar-refractivity contribution in [2.75, 3.05) is 37.6 Å². The van der Waals surface area contributed by atoms with Crippen molar-refractivity contribution < 1.29 is 14.0 Å². The summed E-state index contributed by atoms with van der Waals surface area (Å²) in [6, 6.07) is 21.0. The second-order valence-corrected chi connectivity index (χ2v) is 8.35. The van der Waals surface area contributed by atoms with Gasteiger partial charge in [-0.2, -0.15) is 0 Å². The number of carbonyl (C=O) groups is 2. The van der Waals surface area contributed by atoms with Crippen molar-refractivity contribution in [1.29, 1.82) is 0 Å². The summed E-state index contributed by atoms with van der Waals surface area (Å²) in [6.07, 6.45) is 1.63. The average molecular weight is 467 g/mol. The molecule has 0 spiro atoms. The molecule has 1 saturated heterocycles. The lowest BCUT2D eigenvalue weighted by Gasteiger charge is -2.39. The molecule has 1 aliphatic heterocycles. The van der Waals surface area contributed by atoms with Gasteiger partial charge < -0.3 is 20.0 Å². The second-order valence-electron chi connectivity index (χ2n) is 7.91. The monoisotopic (exact) mass is 466 g/mol. The Kier molecular flexibility index (Phi) is 7.65. The fourth-order valence-electron chi connectivity index (χ4n) is 3.96. The standard InChI is InChI=1S/C25H27ClN4O3/c26-20-10-8-19(9-11-20)17-27-24(31)25(32)28-18-22(23-7-4-16-33-23)30-14-12-29(13-15-30)21-5-2-1-3-6-21/h1-11,16,22H,12-15,17-18H2,(H,27,31)(H,28,32). The van der Waals surface area contributed by atoms with E-state index in [2.05, 4.69) is 32.6 Å². The zero-order valence-electron chi connectivity index (χ0n) is 18.2. The Hall–Kier alpha value is -3.29. The van der Waals surface area contributed by atoms with Gasteiger partial charge in [-0.1, -0.05) is 41.9 Å². The van der Waals surface area contributed by atoms with Gasteiger partial charge in [0.05, 0.1) is 12.3 Å². The smallest absolute Gasteiger partial charge is 0.309 e. The van der Waals surface area contributed by atoms with Crippen LogP contribution in [0.2, 0.25) is 5.02 Å². The Morgan fingerprint density at radius 1 is 0.879 bits per heavy atom. The van der Waals surface area contributed by atoms with E-state index in [0.29, 0.717) is 5.02 Å². The Morgan fingerprint density at radius 2 is 1.58 bits per heavy atom. The zero-order valence-corrected chi connectivity index (χ0v) is 19.0. The molecule has 2 heterocycles. The number of nitrogens with one attached hydrogen (secondary N) is 2. The van der Waals surface area contributed by atoms with Gasteiger partial charge in [-0.15, -0.1) is 0 Å². The zero-order chi connectivity index (χ0) is 23.0. The molecule has 4 rings (SSSR count).